The predicted octanol–water partition coefficient (Wildman–Crippen LogP) is 3.63. The van der Waals surface area contributed by atoms with Gasteiger partial charge in [0.2, 0.25) is 0 Å². The van der Waals surface area contributed by atoms with E-state index in [1.807, 2.05) is 11.5 Å². The van der Waals surface area contributed by atoms with Crippen LogP contribution in [0.1, 0.15) is 26.6 Å². The molecule has 20 heavy (non-hydrogen) atoms. The fourth-order valence-corrected chi connectivity index (χ4v) is 2.23. The quantitative estimate of drug-likeness (QED) is 0.928. The number of aromatic nitrogens is 2. The Morgan fingerprint density at radius 3 is 2.55 bits per heavy atom. The average Bonchev–Trinajstić information content (AvgIpc) is 2.67. The predicted molar refractivity (Wildman–Crippen MR) is 76.2 cm³/mol. The fraction of sp³-hybridized carbons (Fsp3) is 0.400. The van der Waals surface area contributed by atoms with E-state index in [1.165, 1.54) is 12.1 Å². The van der Waals surface area contributed by atoms with Gasteiger partial charge in [0.05, 0.1) is 0 Å². The van der Waals surface area contributed by atoms with Gasteiger partial charge in [-0.15, -0.1) is 0 Å². The van der Waals surface area contributed by atoms with E-state index in [4.69, 9.17) is 5.73 Å². The van der Waals surface area contributed by atoms with Crippen molar-refractivity contribution in [3.05, 3.63) is 35.7 Å². The van der Waals surface area contributed by atoms with Crippen molar-refractivity contribution in [2.75, 3.05) is 5.73 Å². The Morgan fingerprint density at radius 1 is 1.30 bits per heavy atom. The molecule has 2 aromatic rings. The van der Waals surface area contributed by atoms with Gasteiger partial charge in [0.25, 0.3) is 0 Å². The summed E-state index contributed by atoms with van der Waals surface area (Å²) in [7, 11) is 0. The normalized spacial score (nSPS) is 11.3. The highest BCUT2D eigenvalue weighted by molar-refractivity contribution is 5.71. The lowest BCUT2D eigenvalue weighted by Gasteiger charge is -2.11. The topological polar surface area (TPSA) is 43.8 Å². The summed E-state index contributed by atoms with van der Waals surface area (Å²) in [5.41, 5.74) is 6.73. The molecule has 2 rings (SSSR count). The number of hydrogen-bond acceptors (Lipinski definition) is 2. The summed E-state index contributed by atoms with van der Waals surface area (Å²) < 4.78 is 28.8. The molecule has 0 spiro atoms. The third-order valence-electron chi connectivity index (χ3n) is 3.14. The second-order valence-corrected chi connectivity index (χ2v) is 5.24. The Morgan fingerprint density at radius 2 is 2.00 bits per heavy atom. The first-order chi connectivity index (χ1) is 9.43. The van der Waals surface area contributed by atoms with E-state index in [0.717, 1.165) is 18.4 Å². The molecule has 0 radical (unpaired) electrons. The second-order valence-electron chi connectivity index (χ2n) is 5.24. The molecule has 0 bridgehead atoms. The van der Waals surface area contributed by atoms with Crippen LogP contribution in [0.25, 0.3) is 11.3 Å². The summed E-state index contributed by atoms with van der Waals surface area (Å²) in [6, 6.07) is 3.44. The minimum Gasteiger partial charge on any atom is -0.383 e. The number of nitrogen functional groups attached to an aromatic ring is 1. The van der Waals surface area contributed by atoms with Crippen LogP contribution in [0.5, 0.6) is 0 Å². The molecule has 0 aliphatic heterocycles. The standard InChI is InChI=1S/C15H19F2N3/c1-4-13-19-14(15(18)20(13)8-9(2)3)11-6-5-10(16)7-12(11)17/h5-7,9H,4,8,18H2,1-3H3. The molecule has 0 atom stereocenters. The molecule has 0 saturated carbocycles. The third-order valence-corrected chi connectivity index (χ3v) is 3.14. The molecule has 108 valence electrons. The summed E-state index contributed by atoms with van der Waals surface area (Å²) >= 11 is 0. The number of aryl methyl sites for hydroxylation is 1. The van der Waals surface area contributed by atoms with E-state index < -0.39 is 11.6 Å². The number of anilines is 1. The number of nitrogens with two attached hydrogens (primary N) is 1. The Hall–Kier alpha value is -1.91. The van der Waals surface area contributed by atoms with Crippen LogP contribution in [-0.2, 0) is 13.0 Å². The van der Waals surface area contributed by atoms with Crippen LogP contribution in [0.3, 0.4) is 0 Å². The van der Waals surface area contributed by atoms with Crippen molar-refractivity contribution in [3.63, 3.8) is 0 Å². The van der Waals surface area contributed by atoms with Crippen molar-refractivity contribution in [1.29, 1.82) is 0 Å². The van der Waals surface area contributed by atoms with Crippen LogP contribution in [0.2, 0.25) is 0 Å². The van der Waals surface area contributed by atoms with Crippen LogP contribution in [0, 0.1) is 17.6 Å². The highest BCUT2D eigenvalue weighted by Crippen LogP contribution is 2.29. The van der Waals surface area contributed by atoms with Crippen molar-refractivity contribution in [1.82, 2.24) is 9.55 Å². The highest BCUT2D eigenvalue weighted by atomic mass is 19.1. The van der Waals surface area contributed by atoms with Gasteiger partial charge in [-0.2, -0.15) is 0 Å². The molecule has 0 aliphatic rings. The monoisotopic (exact) mass is 279 g/mol. The van der Waals surface area contributed by atoms with Gasteiger partial charge >= 0.3 is 0 Å². The summed E-state index contributed by atoms with van der Waals surface area (Å²) in [6.45, 7) is 6.86. The van der Waals surface area contributed by atoms with Gasteiger partial charge in [-0.05, 0) is 18.1 Å². The fourth-order valence-electron chi connectivity index (χ4n) is 2.23. The summed E-state index contributed by atoms with van der Waals surface area (Å²) in [5, 5.41) is 0. The molecular formula is C15H19F2N3. The molecule has 2 N–H and O–H groups in total. The van der Waals surface area contributed by atoms with Gasteiger partial charge in [-0.3, -0.25) is 0 Å². The zero-order valence-electron chi connectivity index (χ0n) is 12.0. The Balaban J connectivity index is 2.54. The van der Waals surface area contributed by atoms with Gasteiger partial charge < -0.3 is 10.3 Å². The zero-order chi connectivity index (χ0) is 14.9. The van der Waals surface area contributed by atoms with Crippen molar-refractivity contribution < 1.29 is 8.78 Å². The van der Waals surface area contributed by atoms with Gasteiger partial charge in [0, 0.05) is 24.6 Å². The molecule has 0 amide bonds. The largest absolute Gasteiger partial charge is 0.383 e. The summed E-state index contributed by atoms with van der Waals surface area (Å²) in [4.78, 5) is 4.42. The van der Waals surface area contributed by atoms with E-state index >= 15 is 0 Å². The van der Waals surface area contributed by atoms with Crippen LogP contribution in [0.4, 0.5) is 14.6 Å². The number of halogens is 2. The zero-order valence-corrected chi connectivity index (χ0v) is 12.0. The van der Waals surface area contributed by atoms with E-state index in [9.17, 15) is 8.78 Å². The maximum Gasteiger partial charge on any atom is 0.135 e. The molecule has 0 saturated heterocycles. The number of rotatable bonds is 4. The van der Waals surface area contributed by atoms with E-state index in [0.29, 0.717) is 23.9 Å². The molecule has 0 fully saturated rings. The minimum atomic E-state index is -0.645. The maximum absolute atomic E-state index is 13.9. The van der Waals surface area contributed by atoms with Gasteiger partial charge in [-0.1, -0.05) is 20.8 Å². The van der Waals surface area contributed by atoms with Crippen LogP contribution < -0.4 is 5.73 Å². The molecule has 0 unspecified atom stereocenters. The molecule has 5 heteroatoms. The maximum atomic E-state index is 13.9. The lowest BCUT2D eigenvalue weighted by atomic mass is 10.1. The van der Waals surface area contributed by atoms with Crippen molar-refractivity contribution in [2.24, 2.45) is 5.92 Å². The number of nitrogens with zero attached hydrogens (tertiary/aromatic N) is 2. The van der Waals surface area contributed by atoms with Crippen molar-refractivity contribution >= 4 is 5.82 Å². The van der Waals surface area contributed by atoms with E-state index in [-0.39, 0.29) is 5.56 Å². The first-order valence-corrected chi connectivity index (χ1v) is 6.74. The second kappa shape index (κ2) is 5.61. The lowest BCUT2D eigenvalue weighted by Crippen LogP contribution is -2.11. The Bertz CT molecular complexity index is 618. The number of hydrogen-bond donors (Lipinski definition) is 1. The van der Waals surface area contributed by atoms with Crippen molar-refractivity contribution in [2.45, 2.75) is 33.7 Å². The van der Waals surface area contributed by atoms with Crippen LogP contribution in [-0.4, -0.2) is 9.55 Å². The van der Waals surface area contributed by atoms with Gasteiger partial charge in [0.15, 0.2) is 0 Å². The molecular weight excluding hydrogens is 260 g/mol. The SMILES string of the molecule is CCc1nc(-c2ccc(F)cc2F)c(N)n1CC(C)C. The lowest BCUT2D eigenvalue weighted by molar-refractivity contribution is 0.513. The molecule has 3 nitrogen and oxygen atoms in total. The molecule has 0 aliphatic carbocycles. The average molecular weight is 279 g/mol. The number of imidazole rings is 1. The number of benzene rings is 1. The van der Waals surface area contributed by atoms with Gasteiger partial charge in [0.1, 0.15) is 29.0 Å². The van der Waals surface area contributed by atoms with Gasteiger partial charge in [-0.25, -0.2) is 13.8 Å². The van der Waals surface area contributed by atoms with E-state index in [2.05, 4.69) is 18.8 Å². The molecule has 1 aromatic carbocycles. The van der Waals surface area contributed by atoms with Crippen LogP contribution in [0.15, 0.2) is 18.2 Å². The first kappa shape index (κ1) is 14.5. The smallest absolute Gasteiger partial charge is 0.135 e. The first-order valence-electron chi connectivity index (χ1n) is 6.74. The van der Waals surface area contributed by atoms with Crippen LogP contribution >= 0.6 is 0 Å². The third kappa shape index (κ3) is 2.66. The molecule has 1 aromatic heterocycles. The molecule has 1 heterocycles. The summed E-state index contributed by atoms with van der Waals surface area (Å²) in [6.07, 6.45) is 0.708. The van der Waals surface area contributed by atoms with E-state index in [1.54, 1.807) is 0 Å². The van der Waals surface area contributed by atoms with Crippen molar-refractivity contribution in [3.8, 4) is 11.3 Å². The minimum absolute atomic E-state index is 0.237. The Kier molecular flexibility index (Phi) is 4.06. The highest BCUT2D eigenvalue weighted by Gasteiger charge is 2.18. The Labute approximate surface area is 117 Å². The summed E-state index contributed by atoms with van der Waals surface area (Å²) in [5.74, 6) is 0.398.